The van der Waals surface area contributed by atoms with Gasteiger partial charge in [-0.05, 0) is 6.07 Å². The molecule has 0 saturated carbocycles. The monoisotopic (exact) mass is 296 g/mol. The topological polar surface area (TPSA) is 100 Å². The van der Waals surface area contributed by atoms with Crippen LogP contribution < -0.4 is 0 Å². The van der Waals surface area contributed by atoms with Crippen LogP contribution in [0.25, 0.3) is 0 Å². The fraction of sp³-hybridized carbons (Fsp3) is 0.500. The maximum atomic E-state index is 12.1. The van der Waals surface area contributed by atoms with Crippen LogP contribution in [-0.2, 0) is 0 Å². The van der Waals surface area contributed by atoms with E-state index in [1.165, 1.54) is 15.9 Å². The fourth-order valence-electron chi connectivity index (χ4n) is 2.08. The lowest BCUT2D eigenvalue weighted by atomic mass is 10.3. The molecule has 1 fully saturated rings. The second-order valence-corrected chi connectivity index (χ2v) is 4.85. The number of nitrogens with zero attached hydrogens (tertiary/aromatic N) is 4. The van der Waals surface area contributed by atoms with Gasteiger partial charge in [0.15, 0.2) is 5.76 Å². The first-order chi connectivity index (χ1) is 9.90. The molecule has 0 bridgehead atoms. The number of furan rings is 1. The Bertz CT molecular complexity index is 560. The van der Waals surface area contributed by atoms with Crippen molar-refractivity contribution in [2.75, 3.05) is 40.3 Å². The molecule has 9 nitrogen and oxygen atoms in total. The van der Waals surface area contributed by atoms with E-state index in [9.17, 15) is 19.7 Å². The van der Waals surface area contributed by atoms with E-state index in [4.69, 9.17) is 4.42 Å². The summed E-state index contributed by atoms with van der Waals surface area (Å²) >= 11 is 0. The zero-order chi connectivity index (χ0) is 15.6. The first-order valence-electron chi connectivity index (χ1n) is 6.40. The van der Waals surface area contributed by atoms with Gasteiger partial charge in [-0.1, -0.05) is 0 Å². The highest BCUT2D eigenvalue weighted by Gasteiger charge is 2.28. The molecule has 1 aromatic rings. The van der Waals surface area contributed by atoms with E-state index >= 15 is 0 Å². The summed E-state index contributed by atoms with van der Waals surface area (Å²) in [6.07, 6.45) is 0. The maximum absolute atomic E-state index is 12.1. The van der Waals surface area contributed by atoms with E-state index in [-0.39, 0.29) is 11.8 Å². The highest BCUT2D eigenvalue weighted by molar-refractivity contribution is 5.92. The Kier molecular flexibility index (Phi) is 4.10. The molecular formula is C12H16N4O5. The molecule has 9 heteroatoms. The largest absolute Gasteiger partial charge is 0.433 e. The molecule has 114 valence electrons. The molecule has 21 heavy (non-hydrogen) atoms. The second-order valence-electron chi connectivity index (χ2n) is 4.85. The molecule has 0 atom stereocenters. The quantitative estimate of drug-likeness (QED) is 0.588. The van der Waals surface area contributed by atoms with Crippen molar-refractivity contribution < 1.29 is 18.9 Å². The lowest BCUT2D eigenvalue weighted by Gasteiger charge is -2.35. The lowest BCUT2D eigenvalue weighted by Crippen LogP contribution is -2.52. The van der Waals surface area contributed by atoms with Gasteiger partial charge in [0.25, 0.3) is 5.91 Å². The van der Waals surface area contributed by atoms with Crippen molar-refractivity contribution in [2.45, 2.75) is 0 Å². The summed E-state index contributed by atoms with van der Waals surface area (Å²) in [6, 6.07) is 2.34. The van der Waals surface area contributed by atoms with Gasteiger partial charge >= 0.3 is 11.9 Å². The van der Waals surface area contributed by atoms with Crippen LogP contribution in [0.2, 0.25) is 0 Å². The molecule has 0 unspecified atom stereocenters. The Balaban J connectivity index is 1.96. The van der Waals surface area contributed by atoms with Crippen molar-refractivity contribution in [3.63, 3.8) is 0 Å². The van der Waals surface area contributed by atoms with Gasteiger partial charge in [0.05, 0.1) is 6.07 Å². The molecule has 0 radical (unpaired) electrons. The van der Waals surface area contributed by atoms with Crippen molar-refractivity contribution in [3.05, 3.63) is 28.0 Å². The maximum Gasteiger partial charge on any atom is 0.433 e. The van der Waals surface area contributed by atoms with E-state index in [1.54, 1.807) is 19.0 Å². The zero-order valence-corrected chi connectivity index (χ0v) is 11.8. The summed E-state index contributed by atoms with van der Waals surface area (Å²) in [4.78, 5) is 38.4. The van der Waals surface area contributed by atoms with Crippen molar-refractivity contribution in [1.82, 2.24) is 14.7 Å². The molecule has 0 aromatic carbocycles. The van der Waals surface area contributed by atoms with E-state index in [1.807, 2.05) is 0 Å². The summed E-state index contributed by atoms with van der Waals surface area (Å²) < 4.78 is 4.89. The molecule has 1 aromatic heterocycles. The minimum Gasteiger partial charge on any atom is -0.395 e. The SMILES string of the molecule is CN(C)C(=O)N1CCN(C(=O)c2ccc([N+](=O)[O-])o2)CC1. The minimum absolute atomic E-state index is 0.0610. The molecule has 0 aliphatic carbocycles. The number of urea groups is 1. The van der Waals surface area contributed by atoms with E-state index in [0.717, 1.165) is 6.07 Å². The van der Waals surface area contributed by atoms with Gasteiger partial charge in [0, 0.05) is 40.3 Å². The van der Waals surface area contributed by atoms with Gasteiger partial charge in [0.2, 0.25) is 0 Å². The zero-order valence-electron chi connectivity index (χ0n) is 11.8. The Labute approximate surface area is 120 Å². The molecule has 1 saturated heterocycles. The van der Waals surface area contributed by atoms with Crippen LogP contribution in [-0.4, -0.2) is 71.8 Å². The van der Waals surface area contributed by atoms with Crippen LogP contribution in [0.1, 0.15) is 10.6 Å². The minimum atomic E-state index is -0.690. The highest BCUT2D eigenvalue weighted by atomic mass is 16.6. The summed E-state index contributed by atoms with van der Waals surface area (Å²) in [5, 5.41) is 10.5. The first-order valence-corrected chi connectivity index (χ1v) is 6.40. The Morgan fingerprint density at radius 1 is 1.19 bits per heavy atom. The van der Waals surface area contributed by atoms with Crippen LogP contribution in [0.3, 0.4) is 0 Å². The second kappa shape index (κ2) is 5.81. The first kappa shape index (κ1) is 14.8. The van der Waals surface area contributed by atoms with Gasteiger partial charge in [0.1, 0.15) is 4.92 Å². The van der Waals surface area contributed by atoms with Crippen LogP contribution in [0.15, 0.2) is 16.5 Å². The van der Waals surface area contributed by atoms with E-state index in [2.05, 4.69) is 0 Å². The third-order valence-corrected chi connectivity index (χ3v) is 3.20. The fourth-order valence-corrected chi connectivity index (χ4v) is 2.08. The third-order valence-electron chi connectivity index (χ3n) is 3.20. The summed E-state index contributed by atoms with van der Waals surface area (Å²) in [7, 11) is 3.34. The average Bonchev–Trinajstić information content (AvgIpc) is 2.96. The smallest absolute Gasteiger partial charge is 0.395 e. The average molecular weight is 296 g/mol. The molecule has 1 aliphatic rings. The Hall–Kier alpha value is -2.58. The Morgan fingerprint density at radius 2 is 1.76 bits per heavy atom. The van der Waals surface area contributed by atoms with E-state index in [0.29, 0.717) is 26.2 Å². The van der Waals surface area contributed by atoms with Crippen LogP contribution in [0, 0.1) is 10.1 Å². The number of hydrogen-bond donors (Lipinski definition) is 0. The molecule has 0 spiro atoms. The number of piperazine rings is 1. The van der Waals surface area contributed by atoms with Gasteiger partial charge in [-0.2, -0.15) is 0 Å². The van der Waals surface area contributed by atoms with Crippen LogP contribution in [0.5, 0.6) is 0 Å². The number of hydrogen-bond acceptors (Lipinski definition) is 5. The van der Waals surface area contributed by atoms with Crippen molar-refractivity contribution in [3.8, 4) is 0 Å². The molecular weight excluding hydrogens is 280 g/mol. The van der Waals surface area contributed by atoms with Gasteiger partial charge in [-0.3, -0.25) is 14.9 Å². The van der Waals surface area contributed by atoms with Crippen LogP contribution >= 0.6 is 0 Å². The molecule has 2 rings (SSSR count). The predicted molar refractivity (Wildman–Crippen MR) is 71.9 cm³/mol. The molecule has 2 heterocycles. The number of amides is 3. The van der Waals surface area contributed by atoms with E-state index < -0.39 is 16.7 Å². The summed E-state index contributed by atoms with van der Waals surface area (Å²) in [6.45, 7) is 1.58. The number of nitro groups is 1. The summed E-state index contributed by atoms with van der Waals surface area (Å²) in [5.41, 5.74) is 0. The summed E-state index contributed by atoms with van der Waals surface area (Å²) in [5.74, 6) is -0.922. The van der Waals surface area contributed by atoms with Gasteiger partial charge in [-0.15, -0.1) is 0 Å². The van der Waals surface area contributed by atoms with Crippen molar-refractivity contribution in [1.29, 1.82) is 0 Å². The van der Waals surface area contributed by atoms with Gasteiger partial charge in [-0.25, -0.2) is 4.79 Å². The third kappa shape index (κ3) is 3.12. The molecule has 0 N–H and O–H groups in total. The highest BCUT2D eigenvalue weighted by Crippen LogP contribution is 2.18. The number of carbonyl (C=O) groups is 2. The lowest BCUT2D eigenvalue weighted by molar-refractivity contribution is -0.402. The van der Waals surface area contributed by atoms with Gasteiger partial charge < -0.3 is 19.1 Å². The molecule has 3 amide bonds. The number of rotatable bonds is 2. The standard InChI is InChI=1S/C12H16N4O5/c1-13(2)12(18)15-7-5-14(6-8-15)11(17)9-3-4-10(21-9)16(19)20/h3-4H,5-8H2,1-2H3. The van der Waals surface area contributed by atoms with Crippen molar-refractivity contribution >= 4 is 17.8 Å². The normalized spacial score (nSPS) is 15.0. The Morgan fingerprint density at radius 3 is 2.24 bits per heavy atom. The van der Waals surface area contributed by atoms with Crippen LogP contribution in [0.4, 0.5) is 10.7 Å². The predicted octanol–water partition coefficient (Wildman–Crippen LogP) is 0.627. The number of carbonyl (C=O) groups excluding carboxylic acids is 2. The van der Waals surface area contributed by atoms with Crippen molar-refractivity contribution in [2.24, 2.45) is 0 Å². The molecule has 1 aliphatic heterocycles.